The molecule has 2 aromatic carbocycles. The third-order valence-electron chi connectivity index (χ3n) is 4.70. The second-order valence-electron chi connectivity index (χ2n) is 6.34. The molecule has 2 aliphatic heterocycles. The van der Waals surface area contributed by atoms with Crippen LogP contribution < -0.4 is 10.6 Å². The van der Waals surface area contributed by atoms with Crippen molar-refractivity contribution in [1.82, 2.24) is 4.90 Å². The first-order chi connectivity index (χ1) is 12.5. The Morgan fingerprint density at radius 3 is 2.81 bits per heavy atom. The molecule has 0 unspecified atom stereocenters. The number of nitrogens with zero attached hydrogens (tertiary/aromatic N) is 1. The van der Waals surface area contributed by atoms with E-state index in [0.29, 0.717) is 29.9 Å². The van der Waals surface area contributed by atoms with Gasteiger partial charge >= 0.3 is 0 Å². The lowest BCUT2D eigenvalue weighted by Crippen LogP contribution is -2.40. The first-order valence-corrected chi connectivity index (χ1v) is 8.36. The largest absolute Gasteiger partial charge is 0.327 e. The van der Waals surface area contributed by atoms with E-state index in [1.807, 2.05) is 0 Å². The third kappa shape index (κ3) is 2.71. The van der Waals surface area contributed by atoms with Crippen LogP contribution in [-0.4, -0.2) is 35.2 Å². The molecule has 132 valence electrons. The van der Waals surface area contributed by atoms with Gasteiger partial charge in [-0.05, 0) is 43.2 Å². The highest BCUT2D eigenvalue weighted by Gasteiger charge is 2.38. The number of carbonyl (C=O) groups excluding carboxylic acids is 3. The Morgan fingerprint density at radius 2 is 2.00 bits per heavy atom. The summed E-state index contributed by atoms with van der Waals surface area (Å²) in [6.45, 7) is 0.530. The van der Waals surface area contributed by atoms with Crippen molar-refractivity contribution in [1.29, 1.82) is 0 Å². The summed E-state index contributed by atoms with van der Waals surface area (Å²) in [6.07, 6.45) is 1.42. The lowest BCUT2D eigenvalue weighted by molar-refractivity contribution is -0.119. The zero-order valence-electron chi connectivity index (χ0n) is 13.8. The van der Waals surface area contributed by atoms with Crippen LogP contribution in [0.2, 0.25) is 0 Å². The SMILES string of the molecule is O=C(Nc1ccc2c(c1)C(=O)N1CCC[C@H]1C(=O)N2)c1ccccc1F. The Labute approximate surface area is 149 Å². The van der Waals surface area contributed by atoms with Crippen LogP contribution in [0.3, 0.4) is 0 Å². The summed E-state index contributed by atoms with van der Waals surface area (Å²) in [4.78, 5) is 38.9. The smallest absolute Gasteiger partial charge is 0.258 e. The van der Waals surface area contributed by atoms with Crippen molar-refractivity contribution in [3.8, 4) is 0 Å². The Balaban J connectivity index is 1.64. The normalized spacial score (nSPS) is 18.7. The van der Waals surface area contributed by atoms with Gasteiger partial charge in [0.15, 0.2) is 0 Å². The molecule has 0 spiro atoms. The molecule has 2 aromatic rings. The van der Waals surface area contributed by atoms with Crippen LogP contribution in [0.25, 0.3) is 0 Å². The number of benzene rings is 2. The molecule has 2 aliphatic rings. The second kappa shape index (κ2) is 6.25. The number of fused-ring (bicyclic) bond motifs is 2. The standard InChI is InChI=1S/C19H16FN3O3/c20-14-5-2-1-4-12(14)17(24)21-11-7-8-15-13(10-11)19(26)23-9-3-6-16(23)18(25)22-15/h1-2,4-5,7-8,10,16H,3,6,9H2,(H,21,24)(H,22,25)/t16-/m0/s1. The maximum atomic E-state index is 13.8. The van der Waals surface area contributed by atoms with E-state index in [2.05, 4.69) is 10.6 Å². The fourth-order valence-corrected chi connectivity index (χ4v) is 3.40. The highest BCUT2D eigenvalue weighted by Crippen LogP contribution is 2.30. The van der Waals surface area contributed by atoms with Crippen LogP contribution in [0.1, 0.15) is 33.6 Å². The predicted octanol–water partition coefficient (Wildman–Crippen LogP) is 2.63. The molecule has 4 rings (SSSR count). The molecule has 0 bridgehead atoms. The van der Waals surface area contributed by atoms with E-state index in [-0.39, 0.29) is 17.4 Å². The molecule has 2 N–H and O–H groups in total. The first kappa shape index (κ1) is 16.3. The quantitative estimate of drug-likeness (QED) is 0.871. The second-order valence-corrected chi connectivity index (χ2v) is 6.34. The van der Waals surface area contributed by atoms with E-state index < -0.39 is 17.8 Å². The number of anilines is 2. The Kier molecular flexibility index (Phi) is 3.91. The average Bonchev–Trinajstić information content (AvgIpc) is 3.09. The first-order valence-electron chi connectivity index (χ1n) is 8.36. The summed E-state index contributed by atoms with van der Waals surface area (Å²) in [6, 6.07) is 9.87. The number of amides is 3. The Bertz CT molecular complexity index is 928. The molecule has 26 heavy (non-hydrogen) atoms. The number of nitrogens with one attached hydrogen (secondary N) is 2. The van der Waals surface area contributed by atoms with E-state index in [9.17, 15) is 18.8 Å². The van der Waals surface area contributed by atoms with Crippen molar-refractivity contribution in [2.45, 2.75) is 18.9 Å². The van der Waals surface area contributed by atoms with Crippen LogP contribution in [-0.2, 0) is 4.79 Å². The van der Waals surface area contributed by atoms with E-state index in [1.54, 1.807) is 23.1 Å². The molecule has 0 aromatic heterocycles. The van der Waals surface area contributed by atoms with E-state index in [0.717, 1.165) is 6.42 Å². The van der Waals surface area contributed by atoms with Crippen LogP contribution in [0, 0.1) is 5.82 Å². The number of carbonyl (C=O) groups is 3. The van der Waals surface area contributed by atoms with E-state index in [1.165, 1.54) is 24.3 Å². The maximum Gasteiger partial charge on any atom is 0.258 e. The van der Waals surface area contributed by atoms with Gasteiger partial charge in [-0.15, -0.1) is 0 Å². The zero-order chi connectivity index (χ0) is 18.3. The van der Waals surface area contributed by atoms with Crippen molar-refractivity contribution in [2.24, 2.45) is 0 Å². The van der Waals surface area contributed by atoms with Crippen LogP contribution in [0.15, 0.2) is 42.5 Å². The van der Waals surface area contributed by atoms with Gasteiger partial charge in [0.05, 0.1) is 16.8 Å². The lowest BCUT2D eigenvalue weighted by atomic mass is 10.1. The van der Waals surface area contributed by atoms with Gasteiger partial charge in [0.1, 0.15) is 11.9 Å². The summed E-state index contributed by atoms with van der Waals surface area (Å²) >= 11 is 0. The number of halogens is 1. The van der Waals surface area contributed by atoms with Crippen LogP contribution in [0.5, 0.6) is 0 Å². The van der Waals surface area contributed by atoms with Crippen molar-refractivity contribution >= 4 is 29.1 Å². The lowest BCUT2D eigenvalue weighted by Gasteiger charge is -2.20. The van der Waals surface area contributed by atoms with Gasteiger partial charge in [0.25, 0.3) is 11.8 Å². The molecule has 6 nitrogen and oxygen atoms in total. The topological polar surface area (TPSA) is 78.5 Å². The predicted molar refractivity (Wildman–Crippen MR) is 93.5 cm³/mol. The molecule has 1 saturated heterocycles. The Hall–Kier alpha value is -3.22. The molecular formula is C19H16FN3O3. The van der Waals surface area contributed by atoms with Gasteiger partial charge in [0, 0.05) is 12.2 Å². The van der Waals surface area contributed by atoms with Gasteiger partial charge in [-0.1, -0.05) is 12.1 Å². The van der Waals surface area contributed by atoms with Crippen molar-refractivity contribution in [2.75, 3.05) is 17.2 Å². The third-order valence-corrected chi connectivity index (χ3v) is 4.70. The molecular weight excluding hydrogens is 337 g/mol. The molecule has 0 radical (unpaired) electrons. The molecule has 7 heteroatoms. The minimum atomic E-state index is -0.622. The summed E-state index contributed by atoms with van der Waals surface area (Å²) in [5, 5.41) is 5.37. The minimum Gasteiger partial charge on any atom is -0.327 e. The van der Waals surface area contributed by atoms with Crippen LogP contribution >= 0.6 is 0 Å². The van der Waals surface area contributed by atoms with Crippen LogP contribution in [0.4, 0.5) is 15.8 Å². The summed E-state index contributed by atoms with van der Waals surface area (Å²) in [5.41, 5.74) is 1.01. The van der Waals surface area contributed by atoms with Gasteiger partial charge in [-0.3, -0.25) is 14.4 Å². The van der Waals surface area contributed by atoms with Gasteiger partial charge < -0.3 is 15.5 Å². The van der Waals surface area contributed by atoms with E-state index >= 15 is 0 Å². The highest BCUT2D eigenvalue weighted by atomic mass is 19.1. The summed E-state index contributed by atoms with van der Waals surface area (Å²) in [7, 11) is 0. The molecule has 2 heterocycles. The number of hydrogen-bond acceptors (Lipinski definition) is 3. The van der Waals surface area contributed by atoms with Gasteiger partial charge in [-0.25, -0.2) is 4.39 Å². The van der Waals surface area contributed by atoms with Crippen molar-refractivity contribution in [3.05, 3.63) is 59.4 Å². The summed E-state index contributed by atoms with van der Waals surface area (Å²) in [5.74, 6) is -1.67. The molecule has 1 atom stereocenters. The average molecular weight is 353 g/mol. The maximum absolute atomic E-state index is 13.8. The fraction of sp³-hybridized carbons (Fsp3) is 0.211. The molecule has 0 saturated carbocycles. The zero-order valence-corrected chi connectivity index (χ0v) is 13.8. The molecule has 1 fully saturated rings. The monoisotopic (exact) mass is 353 g/mol. The van der Waals surface area contributed by atoms with Crippen molar-refractivity contribution < 1.29 is 18.8 Å². The molecule has 3 amide bonds. The van der Waals surface area contributed by atoms with Crippen molar-refractivity contribution in [3.63, 3.8) is 0 Å². The van der Waals surface area contributed by atoms with E-state index in [4.69, 9.17) is 0 Å². The van der Waals surface area contributed by atoms with Gasteiger partial charge in [0.2, 0.25) is 5.91 Å². The molecule has 0 aliphatic carbocycles. The number of hydrogen-bond donors (Lipinski definition) is 2. The fourth-order valence-electron chi connectivity index (χ4n) is 3.40. The Morgan fingerprint density at radius 1 is 1.19 bits per heavy atom. The highest BCUT2D eigenvalue weighted by molar-refractivity contribution is 6.11. The minimum absolute atomic E-state index is 0.0818. The van der Waals surface area contributed by atoms with Gasteiger partial charge in [-0.2, -0.15) is 0 Å². The summed E-state index contributed by atoms with van der Waals surface area (Å²) < 4.78 is 13.8. The number of rotatable bonds is 2.